The van der Waals surface area contributed by atoms with Gasteiger partial charge in [-0.15, -0.1) is 0 Å². The summed E-state index contributed by atoms with van der Waals surface area (Å²) in [5.41, 5.74) is 0. The van der Waals surface area contributed by atoms with Gasteiger partial charge in [0.25, 0.3) is 0 Å². The first-order valence-electron chi connectivity index (χ1n) is 2.22. The van der Waals surface area contributed by atoms with Crippen LogP contribution in [0.1, 0.15) is 0 Å². The van der Waals surface area contributed by atoms with E-state index >= 15 is 0 Å². The first-order chi connectivity index (χ1) is 3.80. The van der Waals surface area contributed by atoms with Gasteiger partial charge in [-0.25, -0.2) is 0 Å². The van der Waals surface area contributed by atoms with E-state index < -0.39 is 0 Å². The largest absolute Gasteiger partial charge is 1.00 e. The van der Waals surface area contributed by atoms with Crippen LogP contribution in [0.2, 0.25) is 0 Å². The second-order valence-electron chi connectivity index (χ2n) is 1.43. The molecule has 0 heterocycles. The molecule has 1 aromatic rings. The molecule has 0 aliphatic heterocycles. The van der Waals surface area contributed by atoms with Crippen LogP contribution in [0.5, 0.6) is 5.75 Å². The van der Waals surface area contributed by atoms with Crippen molar-refractivity contribution in [1.29, 1.82) is 0 Å². The fourth-order valence-corrected chi connectivity index (χ4v) is 0.730. The third-order valence-electron chi connectivity index (χ3n) is 0.837. The molecular weight excluding hydrogens is 191 g/mol. The third-order valence-corrected chi connectivity index (χ3v) is 1.49. The Bertz CT molecular complexity index is 169. The van der Waals surface area contributed by atoms with Crippen LogP contribution in [0.3, 0.4) is 0 Å². The van der Waals surface area contributed by atoms with E-state index in [1.807, 2.05) is 6.07 Å². The molecule has 0 amide bonds. The molecule has 1 nitrogen and oxygen atoms in total. The summed E-state index contributed by atoms with van der Waals surface area (Å²) >= 11 is 3.08. The number of halogens is 1. The van der Waals surface area contributed by atoms with Gasteiger partial charge in [-0.1, -0.05) is 39.9 Å². The van der Waals surface area contributed by atoms with Crippen molar-refractivity contribution in [3.8, 4) is 5.75 Å². The predicted molar refractivity (Wildman–Crippen MR) is 33.6 cm³/mol. The van der Waals surface area contributed by atoms with Gasteiger partial charge in [0.2, 0.25) is 0 Å². The van der Waals surface area contributed by atoms with Crippen molar-refractivity contribution >= 4 is 15.9 Å². The first kappa shape index (κ1) is 9.50. The van der Waals surface area contributed by atoms with E-state index in [-0.39, 0.29) is 35.3 Å². The van der Waals surface area contributed by atoms with E-state index in [1.165, 1.54) is 6.07 Å². The summed E-state index contributed by atoms with van der Waals surface area (Å²) in [6.45, 7) is 0. The molecule has 0 saturated heterocycles. The molecule has 1 rings (SSSR count). The molecular formula is C6H4BrNaO. The second-order valence-corrected chi connectivity index (χ2v) is 2.28. The van der Waals surface area contributed by atoms with Gasteiger partial charge >= 0.3 is 29.6 Å². The van der Waals surface area contributed by atoms with Gasteiger partial charge < -0.3 is 5.11 Å². The molecule has 0 saturated carbocycles. The van der Waals surface area contributed by atoms with Crippen molar-refractivity contribution in [3.05, 3.63) is 28.7 Å². The third kappa shape index (κ3) is 2.72. The Hall–Kier alpha value is 0.500. The molecule has 0 aromatic heterocycles. The minimum Gasteiger partial charge on any atom is -0.872 e. The summed E-state index contributed by atoms with van der Waals surface area (Å²) in [6, 6.07) is 6.77. The maximum Gasteiger partial charge on any atom is 1.00 e. The first-order valence-corrected chi connectivity index (χ1v) is 3.01. The van der Waals surface area contributed by atoms with Crippen LogP contribution < -0.4 is 34.7 Å². The SMILES string of the molecule is [Na+].[O-]c1ccccc1Br. The molecule has 0 N–H and O–H groups in total. The van der Waals surface area contributed by atoms with Gasteiger partial charge in [0.15, 0.2) is 0 Å². The van der Waals surface area contributed by atoms with Gasteiger partial charge in [0.1, 0.15) is 0 Å². The molecule has 0 aliphatic carbocycles. The molecule has 0 aliphatic rings. The van der Waals surface area contributed by atoms with E-state index in [0.717, 1.165) is 0 Å². The summed E-state index contributed by atoms with van der Waals surface area (Å²) in [4.78, 5) is 0. The molecule has 3 heteroatoms. The summed E-state index contributed by atoms with van der Waals surface area (Å²) in [5, 5.41) is 10.6. The van der Waals surface area contributed by atoms with Crippen LogP contribution >= 0.6 is 15.9 Å². The standard InChI is InChI=1S/C6H5BrO.Na/c7-5-3-1-2-4-6(5)8;/h1-4,8H;/q;+1/p-1. The summed E-state index contributed by atoms with van der Waals surface area (Å²) in [5.74, 6) is 0.0347. The van der Waals surface area contributed by atoms with Gasteiger partial charge in [0, 0.05) is 4.47 Å². The summed E-state index contributed by atoms with van der Waals surface area (Å²) in [6.07, 6.45) is 0. The monoisotopic (exact) mass is 194 g/mol. The molecule has 0 radical (unpaired) electrons. The predicted octanol–water partition coefficient (Wildman–Crippen LogP) is -1.47. The van der Waals surface area contributed by atoms with Crippen LogP contribution in [-0.4, -0.2) is 0 Å². The molecule has 0 fully saturated rings. The molecule has 0 atom stereocenters. The molecule has 0 unspecified atom stereocenters. The second kappa shape index (κ2) is 4.34. The average molecular weight is 195 g/mol. The van der Waals surface area contributed by atoms with E-state index in [4.69, 9.17) is 0 Å². The molecule has 1 aromatic carbocycles. The Balaban J connectivity index is 0.000000640. The Morgan fingerprint density at radius 3 is 2.11 bits per heavy atom. The van der Waals surface area contributed by atoms with E-state index in [2.05, 4.69) is 15.9 Å². The number of rotatable bonds is 0. The quantitative estimate of drug-likeness (QED) is 0.463. The fraction of sp³-hybridized carbons (Fsp3) is 0. The minimum atomic E-state index is 0. The molecule has 0 spiro atoms. The molecule has 42 valence electrons. The molecule has 9 heavy (non-hydrogen) atoms. The van der Waals surface area contributed by atoms with E-state index in [9.17, 15) is 5.11 Å². The van der Waals surface area contributed by atoms with Crippen LogP contribution in [0, 0.1) is 0 Å². The smallest absolute Gasteiger partial charge is 0.872 e. The van der Waals surface area contributed by atoms with Crippen molar-refractivity contribution < 1.29 is 34.7 Å². The Morgan fingerprint density at radius 1 is 1.22 bits per heavy atom. The van der Waals surface area contributed by atoms with Crippen LogP contribution in [-0.2, 0) is 0 Å². The summed E-state index contributed by atoms with van der Waals surface area (Å²) < 4.78 is 0.625. The zero-order chi connectivity index (χ0) is 5.98. The Kier molecular flexibility index (Phi) is 4.58. The topological polar surface area (TPSA) is 23.1 Å². The minimum absolute atomic E-state index is 0. The Morgan fingerprint density at radius 2 is 1.78 bits per heavy atom. The maximum atomic E-state index is 10.6. The van der Waals surface area contributed by atoms with Crippen molar-refractivity contribution in [2.75, 3.05) is 0 Å². The Labute approximate surface area is 84.5 Å². The number of benzene rings is 1. The summed E-state index contributed by atoms with van der Waals surface area (Å²) in [7, 11) is 0. The van der Waals surface area contributed by atoms with Gasteiger partial charge in [-0.3, -0.25) is 0 Å². The van der Waals surface area contributed by atoms with Gasteiger partial charge in [-0.05, 0) is 6.07 Å². The van der Waals surface area contributed by atoms with Crippen molar-refractivity contribution in [2.45, 2.75) is 0 Å². The zero-order valence-electron chi connectivity index (χ0n) is 5.10. The average Bonchev–Trinajstić information content (AvgIpc) is 1.77. The maximum absolute atomic E-state index is 10.6. The van der Waals surface area contributed by atoms with Gasteiger partial charge in [0.05, 0.1) is 0 Å². The van der Waals surface area contributed by atoms with Crippen LogP contribution in [0.15, 0.2) is 28.7 Å². The van der Waals surface area contributed by atoms with E-state index in [0.29, 0.717) is 4.47 Å². The fourth-order valence-electron chi connectivity index (χ4n) is 0.445. The van der Waals surface area contributed by atoms with Crippen LogP contribution in [0.4, 0.5) is 0 Å². The number of hydrogen-bond donors (Lipinski definition) is 0. The number of para-hydroxylation sites is 1. The number of hydrogen-bond acceptors (Lipinski definition) is 1. The van der Waals surface area contributed by atoms with Gasteiger partial charge in [-0.2, -0.15) is 0 Å². The van der Waals surface area contributed by atoms with Crippen molar-refractivity contribution in [3.63, 3.8) is 0 Å². The molecule has 0 bridgehead atoms. The zero-order valence-corrected chi connectivity index (χ0v) is 8.68. The van der Waals surface area contributed by atoms with Crippen LogP contribution in [0.25, 0.3) is 0 Å². The normalized spacial score (nSPS) is 8.11. The van der Waals surface area contributed by atoms with E-state index in [1.54, 1.807) is 12.1 Å². The van der Waals surface area contributed by atoms with Crippen molar-refractivity contribution in [1.82, 2.24) is 0 Å². The van der Waals surface area contributed by atoms with Crippen molar-refractivity contribution in [2.24, 2.45) is 0 Å².